The van der Waals surface area contributed by atoms with Crippen molar-refractivity contribution in [1.29, 1.82) is 0 Å². The minimum atomic E-state index is -0.282. The average molecular weight is 283 g/mol. The maximum Gasteiger partial charge on any atom is 0.291 e. The molecule has 0 saturated carbocycles. The van der Waals surface area contributed by atoms with E-state index in [0.717, 1.165) is 17.7 Å². The number of carbonyl (C=O) groups is 1. The molecular formula is C17H17NO3. The zero-order valence-corrected chi connectivity index (χ0v) is 11.8. The number of benzene rings is 1. The Morgan fingerprint density at radius 1 is 1.33 bits per heavy atom. The van der Waals surface area contributed by atoms with Crippen molar-refractivity contribution >= 4 is 11.6 Å². The first kappa shape index (κ1) is 14.9. The van der Waals surface area contributed by atoms with Crippen molar-refractivity contribution in [3.8, 4) is 11.8 Å². The Hall–Kier alpha value is -2.51. The third kappa shape index (κ3) is 4.23. The van der Waals surface area contributed by atoms with Crippen LogP contribution in [0.4, 0.5) is 5.69 Å². The molecule has 2 aromatic rings. The highest BCUT2D eigenvalue weighted by atomic mass is 16.3. The molecule has 21 heavy (non-hydrogen) atoms. The number of hydrogen-bond acceptors (Lipinski definition) is 3. The van der Waals surface area contributed by atoms with Gasteiger partial charge in [0.2, 0.25) is 0 Å². The van der Waals surface area contributed by atoms with Crippen LogP contribution in [0, 0.1) is 11.8 Å². The largest absolute Gasteiger partial charge is 0.456 e. The van der Waals surface area contributed by atoms with Gasteiger partial charge in [0.25, 0.3) is 5.91 Å². The summed E-state index contributed by atoms with van der Waals surface area (Å²) in [6.07, 6.45) is 1.19. The smallest absolute Gasteiger partial charge is 0.291 e. The first-order chi connectivity index (χ1) is 10.2. The molecule has 0 radical (unpaired) electrons. The minimum Gasteiger partial charge on any atom is -0.456 e. The zero-order chi connectivity index (χ0) is 15.1. The van der Waals surface area contributed by atoms with Gasteiger partial charge in [-0.15, -0.1) is 0 Å². The quantitative estimate of drug-likeness (QED) is 0.848. The SMILES string of the molecule is CCc1ccc(C(=O)Nc2cccc(C#CCCO)c2)o1. The van der Waals surface area contributed by atoms with Crippen LogP contribution in [-0.2, 0) is 6.42 Å². The van der Waals surface area contributed by atoms with Crippen LogP contribution < -0.4 is 5.32 Å². The van der Waals surface area contributed by atoms with Gasteiger partial charge in [-0.25, -0.2) is 0 Å². The van der Waals surface area contributed by atoms with E-state index in [2.05, 4.69) is 17.2 Å². The van der Waals surface area contributed by atoms with Crippen LogP contribution >= 0.6 is 0 Å². The molecule has 4 nitrogen and oxygen atoms in total. The highest BCUT2D eigenvalue weighted by Crippen LogP contribution is 2.14. The van der Waals surface area contributed by atoms with E-state index in [1.807, 2.05) is 19.1 Å². The van der Waals surface area contributed by atoms with Crippen molar-refractivity contribution in [2.24, 2.45) is 0 Å². The van der Waals surface area contributed by atoms with Gasteiger partial charge in [-0.2, -0.15) is 0 Å². The molecule has 1 aromatic carbocycles. The molecular weight excluding hydrogens is 266 g/mol. The van der Waals surface area contributed by atoms with Crippen LogP contribution in [0.2, 0.25) is 0 Å². The molecule has 0 bridgehead atoms. The Kier molecular flexibility index (Phi) is 5.19. The standard InChI is InChI=1S/C17H17NO3/c1-2-15-9-10-16(21-15)17(20)18-14-8-5-7-13(12-14)6-3-4-11-19/h5,7-10,12,19H,2,4,11H2,1H3,(H,18,20). The Morgan fingerprint density at radius 2 is 2.19 bits per heavy atom. The fourth-order valence-corrected chi connectivity index (χ4v) is 1.78. The number of hydrogen-bond donors (Lipinski definition) is 2. The monoisotopic (exact) mass is 283 g/mol. The molecule has 0 aliphatic rings. The van der Waals surface area contributed by atoms with Crippen LogP contribution in [0.3, 0.4) is 0 Å². The van der Waals surface area contributed by atoms with E-state index in [1.165, 1.54) is 0 Å². The van der Waals surface area contributed by atoms with E-state index in [9.17, 15) is 4.79 Å². The maximum atomic E-state index is 12.0. The lowest BCUT2D eigenvalue weighted by atomic mass is 10.2. The topological polar surface area (TPSA) is 62.5 Å². The minimum absolute atomic E-state index is 0.0433. The second-order valence-corrected chi connectivity index (χ2v) is 4.43. The van der Waals surface area contributed by atoms with E-state index in [0.29, 0.717) is 17.9 Å². The average Bonchev–Trinajstić information content (AvgIpc) is 2.97. The molecule has 0 spiro atoms. The van der Waals surface area contributed by atoms with E-state index in [4.69, 9.17) is 9.52 Å². The number of rotatable bonds is 4. The number of amides is 1. The molecule has 0 aliphatic carbocycles. The van der Waals surface area contributed by atoms with Crippen molar-refractivity contribution in [3.05, 3.63) is 53.5 Å². The Labute approximate surface area is 123 Å². The summed E-state index contributed by atoms with van der Waals surface area (Å²) < 4.78 is 5.41. The van der Waals surface area contributed by atoms with Crippen LogP contribution in [0.15, 0.2) is 40.8 Å². The number of furan rings is 1. The van der Waals surface area contributed by atoms with Crippen molar-refractivity contribution in [1.82, 2.24) is 0 Å². The van der Waals surface area contributed by atoms with Crippen LogP contribution in [0.1, 0.15) is 35.2 Å². The lowest BCUT2D eigenvalue weighted by Crippen LogP contribution is -2.10. The molecule has 1 heterocycles. The summed E-state index contributed by atoms with van der Waals surface area (Å²) in [6.45, 7) is 2.01. The van der Waals surface area contributed by atoms with Crippen LogP contribution in [-0.4, -0.2) is 17.6 Å². The number of carbonyl (C=O) groups excluding carboxylic acids is 1. The van der Waals surface area contributed by atoms with Gasteiger partial charge < -0.3 is 14.8 Å². The second-order valence-electron chi connectivity index (χ2n) is 4.43. The van der Waals surface area contributed by atoms with Crippen LogP contribution in [0.25, 0.3) is 0 Å². The maximum absolute atomic E-state index is 12.0. The van der Waals surface area contributed by atoms with Gasteiger partial charge in [0.05, 0.1) is 6.61 Å². The number of anilines is 1. The molecule has 1 amide bonds. The molecule has 4 heteroatoms. The van der Waals surface area contributed by atoms with Gasteiger partial charge in [-0.3, -0.25) is 4.79 Å². The number of aliphatic hydroxyl groups is 1. The van der Waals surface area contributed by atoms with E-state index in [1.54, 1.807) is 24.3 Å². The Bertz CT molecular complexity index is 677. The fraction of sp³-hybridized carbons (Fsp3) is 0.235. The summed E-state index contributed by atoms with van der Waals surface area (Å²) >= 11 is 0. The van der Waals surface area contributed by atoms with Gasteiger partial charge in [-0.1, -0.05) is 24.8 Å². The molecule has 0 aliphatic heterocycles. The molecule has 108 valence electrons. The van der Waals surface area contributed by atoms with E-state index >= 15 is 0 Å². The Morgan fingerprint density at radius 3 is 2.90 bits per heavy atom. The summed E-state index contributed by atoms with van der Waals surface area (Å²) in [5.74, 6) is 6.56. The van der Waals surface area contributed by atoms with E-state index < -0.39 is 0 Å². The predicted octanol–water partition coefficient (Wildman–Crippen LogP) is 2.83. The van der Waals surface area contributed by atoms with Gasteiger partial charge in [0.1, 0.15) is 5.76 Å². The van der Waals surface area contributed by atoms with Crippen molar-refractivity contribution in [2.75, 3.05) is 11.9 Å². The molecule has 0 unspecified atom stereocenters. The van der Waals surface area contributed by atoms with E-state index in [-0.39, 0.29) is 12.5 Å². The van der Waals surface area contributed by atoms with Crippen LogP contribution in [0.5, 0.6) is 0 Å². The highest BCUT2D eigenvalue weighted by molar-refractivity contribution is 6.02. The van der Waals surface area contributed by atoms with Crippen molar-refractivity contribution in [2.45, 2.75) is 19.8 Å². The molecule has 0 saturated heterocycles. The number of aliphatic hydroxyl groups excluding tert-OH is 1. The fourth-order valence-electron chi connectivity index (χ4n) is 1.78. The molecule has 2 N–H and O–H groups in total. The number of nitrogens with one attached hydrogen (secondary N) is 1. The molecule has 0 fully saturated rings. The third-order valence-electron chi connectivity index (χ3n) is 2.82. The molecule has 0 atom stereocenters. The van der Waals surface area contributed by atoms with Gasteiger partial charge in [0, 0.05) is 24.1 Å². The normalized spacial score (nSPS) is 9.81. The summed E-state index contributed by atoms with van der Waals surface area (Å²) in [5.41, 5.74) is 1.44. The molecule has 1 aromatic heterocycles. The summed E-state index contributed by atoms with van der Waals surface area (Å²) in [4.78, 5) is 12.0. The Balaban J connectivity index is 2.07. The summed E-state index contributed by atoms with van der Waals surface area (Å²) in [7, 11) is 0. The first-order valence-corrected chi connectivity index (χ1v) is 6.82. The summed E-state index contributed by atoms with van der Waals surface area (Å²) in [6, 6.07) is 10.7. The number of aryl methyl sites for hydroxylation is 1. The third-order valence-corrected chi connectivity index (χ3v) is 2.82. The predicted molar refractivity (Wildman–Crippen MR) is 81.1 cm³/mol. The second kappa shape index (κ2) is 7.32. The highest BCUT2D eigenvalue weighted by Gasteiger charge is 2.10. The zero-order valence-electron chi connectivity index (χ0n) is 11.8. The van der Waals surface area contributed by atoms with Crippen molar-refractivity contribution in [3.63, 3.8) is 0 Å². The first-order valence-electron chi connectivity index (χ1n) is 6.82. The van der Waals surface area contributed by atoms with Crippen molar-refractivity contribution < 1.29 is 14.3 Å². The molecule has 2 rings (SSSR count). The lowest BCUT2D eigenvalue weighted by Gasteiger charge is -2.03. The van der Waals surface area contributed by atoms with Gasteiger partial charge >= 0.3 is 0 Å². The lowest BCUT2D eigenvalue weighted by molar-refractivity contribution is 0.0995. The van der Waals surface area contributed by atoms with Gasteiger partial charge in [-0.05, 0) is 30.3 Å². The summed E-state index contributed by atoms with van der Waals surface area (Å²) in [5, 5.41) is 11.5. The van der Waals surface area contributed by atoms with Gasteiger partial charge in [0.15, 0.2) is 5.76 Å².